The average Bonchev–Trinajstić information content (AvgIpc) is 2.77. The lowest BCUT2D eigenvalue weighted by Gasteiger charge is -2.25. The number of methoxy groups -OCH3 is 1. The molecule has 0 unspecified atom stereocenters. The number of carboxylic acids is 1. The van der Waals surface area contributed by atoms with Crippen LogP contribution in [0.25, 0.3) is 17.2 Å². The van der Waals surface area contributed by atoms with Crippen LogP contribution in [0.2, 0.25) is 0 Å². The van der Waals surface area contributed by atoms with Crippen LogP contribution in [0.5, 0.6) is 5.75 Å². The fourth-order valence-electron chi connectivity index (χ4n) is 3.88. The molecule has 1 N–H and O–H groups in total. The van der Waals surface area contributed by atoms with Gasteiger partial charge in [0.2, 0.25) is 0 Å². The first kappa shape index (κ1) is 18.8. The third kappa shape index (κ3) is 3.99. The minimum atomic E-state index is -0.946. The highest BCUT2D eigenvalue weighted by atomic mass is 16.5. The fraction of sp³-hybridized carbons (Fsp3) is 0.115. The average molecular weight is 382 g/mol. The number of allylic oxidation sites excluding steroid dienone is 1. The van der Waals surface area contributed by atoms with Gasteiger partial charge in [-0.1, -0.05) is 60.7 Å². The molecule has 0 saturated carbocycles. The van der Waals surface area contributed by atoms with Gasteiger partial charge in [0, 0.05) is 6.08 Å². The molecule has 0 amide bonds. The highest BCUT2D eigenvalue weighted by Crippen LogP contribution is 2.41. The van der Waals surface area contributed by atoms with Crippen LogP contribution in [-0.4, -0.2) is 18.2 Å². The van der Waals surface area contributed by atoms with Crippen LogP contribution < -0.4 is 4.74 Å². The van der Waals surface area contributed by atoms with Gasteiger partial charge < -0.3 is 9.84 Å². The Morgan fingerprint density at radius 1 is 0.931 bits per heavy atom. The number of aliphatic carboxylic acids is 1. The molecule has 0 aliphatic heterocycles. The van der Waals surface area contributed by atoms with Crippen molar-refractivity contribution >= 4 is 23.2 Å². The number of rotatable bonds is 5. The van der Waals surface area contributed by atoms with Crippen molar-refractivity contribution in [3.8, 4) is 5.75 Å². The normalized spacial score (nSPS) is 13.4. The molecule has 3 nitrogen and oxygen atoms in total. The Morgan fingerprint density at radius 3 is 2.38 bits per heavy atom. The highest BCUT2D eigenvalue weighted by molar-refractivity contribution is 6.01. The van der Waals surface area contributed by atoms with E-state index in [1.807, 2.05) is 24.3 Å². The summed E-state index contributed by atoms with van der Waals surface area (Å²) in [5, 5.41) is 8.84. The molecule has 3 aromatic carbocycles. The number of benzene rings is 3. The number of carbonyl (C=O) groups is 1. The van der Waals surface area contributed by atoms with Crippen LogP contribution in [0, 0.1) is 0 Å². The predicted octanol–water partition coefficient (Wildman–Crippen LogP) is 5.70. The third-order valence-corrected chi connectivity index (χ3v) is 5.27. The Labute approximate surface area is 170 Å². The maximum absolute atomic E-state index is 10.8. The first-order valence-electron chi connectivity index (χ1n) is 9.63. The molecular weight excluding hydrogens is 360 g/mol. The van der Waals surface area contributed by atoms with Gasteiger partial charge in [0.05, 0.1) is 7.11 Å². The topological polar surface area (TPSA) is 46.5 Å². The molecule has 3 heteroatoms. The van der Waals surface area contributed by atoms with Crippen molar-refractivity contribution in [1.82, 2.24) is 0 Å². The molecule has 0 radical (unpaired) electrons. The Kier molecular flexibility index (Phi) is 5.30. The molecule has 3 aromatic rings. The number of carboxylic acid groups (broad SMARTS) is 1. The zero-order chi connectivity index (χ0) is 20.2. The monoisotopic (exact) mass is 382 g/mol. The minimum Gasteiger partial charge on any atom is -0.497 e. The van der Waals surface area contributed by atoms with Gasteiger partial charge in [0.15, 0.2) is 0 Å². The standard InChI is InChI=1S/C26H22O3/c1-29-22-13-15-24-21(17-22)12-14-23(19-5-3-2-4-6-19)26(24)20-10-7-18(8-11-20)9-16-25(27)28/h2-11,13,15-17H,12,14H2,1H3,(H,27,28)/b16-9+. The van der Waals surface area contributed by atoms with Crippen molar-refractivity contribution in [3.05, 3.63) is 107 Å². The lowest BCUT2D eigenvalue weighted by Crippen LogP contribution is -2.06. The first-order chi connectivity index (χ1) is 14.2. The van der Waals surface area contributed by atoms with Gasteiger partial charge in [-0.3, -0.25) is 0 Å². The Hall–Kier alpha value is -3.59. The molecule has 0 atom stereocenters. The summed E-state index contributed by atoms with van der Waals surface area (Å²) in [7, 11) is 1.69. The molecule has 144 valence electrons. The second-order valence-electron chi connectivity index (χ2n) is 7.04. The van der Waals surface area contributed by atoms with Crippen LogP contribution in [0.1, 0.15) is 34.2 Å². The van der Waals surface area contributed by atoms with Crippen molar-refractivity contribution in [2.24, 2.45) is 0 Å². The fourth-order valence-corrected chi connectivity index (χ4v) is 3.88. The van der Waals surface area contributed by atoms with Crippen LogP contribution in [-0.2, 0) is 11.2 Å². The number of hydrogen-bond donors (Lipinski definition) is 1. The highest BCUT2D eigenvalue weighted by Gasteiger charge is 2.21. The van der Waals surface area contributed by atoms with Gasteiger partial charge in [-0.15, -0.1) is 0 Å². The van der Waals surface area contributed by atoms with Crippen LogP contribution in [0.4, 0.5) is 0 Å². The smallest absolute Gasteiger partial charge is 0.328 e. The lowest BCUT2D eigenvalue weighted by molar-refractivity contribution is -0.131. The largest absolute Gasteiger partial charge is 0.497 e. The van der Waals surface area contributed by atoms with Gasteiger partial charge in [-0.05, 0) is 70.0 Å². The molecule has 0 spiro atoms. The molecule has 0 bridgehead atoms. The number of aryl methyl sites for hydroxylation is 1. The zero-order valence-electron chi connectivity index (χ0n) is 16.3. The predicted molar refractivity (Wildman–Crippen MR) is 117 cm³/mol. The summed E-state index contributed by atoms with van der Waals surface area (Å²) in [5.74, 6) is -0.0706. The summed E-state index contributed by atoms with van der Waals surface area (Å²) in [6.45, 7) is 0. The molecule has 1 aliphatic carbocycles. The summed E-state index contributed by atoms with van der Waals surface area (Å²) < 4.78 is 5.42. The van der Waals surface area contributed by atoms with Crippen LogP contribution in [0.3, 0.4) is 0 Å². The van der Waals surface area contributed by atoms with Crippen LogP contribution >= 0.6 is 0 Å². The maximum atomic E-state index is 10.8. The quantitative estimate of drug-likeness (QED) is 0.576. The van der Waals surface area contributed by atoms with E-state index in [0.717, 1.165) is 35.8 Å². The van der Waals surface area contributed by atoms with E-state index in [4.69, 9.17) is 9.84 Å². The van der Waals surface area contributed by atoms with Crippen molar-refractivity contribution in [1.29, 1.82) is 0 Å². The summed E-state index contributed by atoms with van der Waals surface area (Å²) in [6, 6.07) is 24.8. The molecule has 1 aliphatic rings. The summed E-state index contributed by atoms with van der Waals surface area (Å²) >= 11 is 0. The SMILES string of the molecule is COc1ccc2c(c1)CCC(c1ccccc1)=C2c1ccc(/C=C/C(=O)O)cc1. The molecule has 4 rings (SSSR count). The molecule has 0 saturated heterocycles. The van der Waals surface area contributed by atoms with E-state index < -0.39 is 5.97 Å². The summed E-state index contributed by atoms with van der Waals surface area (Å²) in [5.41, 5.74) is 8.30. The van der Waals surface area contributed by atoms with E-state index in [1.165, 1.54) is 27.8 Å². The molecule has 0 fully saturated rings. The van der Waals surface area contributed by atoms with E-state index in [9.17, 15) is 4.79 Å². The Bertz CT molecular complexity index is 1090. The molecule has 0 aromatic heterocycles. The van der Waals surface area contributed by atoms with Crippen molar-refractivity contribution in [3.63, 3.8) is 0 Å². The Balaban J connectivity index is 1.85. The van der Waals surface area contributed by atoms with E-state index in [0.29, 0.717) is 0 Å². The van der Waals surface area contributed by atoms with Crippen molar-refractivity contribution < 1.29 is 14.6 Å². The summed E-state index contributed by atoms with van der Waals surface area (Å²) in [4.78, 5) is 10.8. The maximum Gasteiger partial charge on any atom is 0.328 e. The van der Waals surface area contributed by atoms with Crippen LogP contribution in [0.15, 0.2) is 78.9 Å². The van der Waals surface area contributed by atoms with Gasteiger partial charge in [-0.2, -0.15) is 0 Å². The van der Waals surface area contributed by atoms with Gasteiger partial charge >= 0.3 is 5.97 Å². The van der Waals surface area contributed by atoms with Crippen molar-refractivity contribution in [2.45, 2.75) is 12.8 Å². The third-order valence-electron chi connectivity index (χ3n) is 5.27. The minimum absolute atomic E-state index is 0.865. The summed E-state index contributed by atoms with van der Waals surface area (Å²) in [6.07, 6.45) is 4.70. The zero-order valence-corrected chi connectivity index (χ0v) is 16.3. The van der Waals surface area contributed by atoms with Gasteiger partial charge in [0.25, 0.3) is 0 Å². The lowest BCUT2D eigenvalue weighted by atomic mass is 9.79. The second-order valence-corrected chi connectivity index (χ2v) is 7.04. The first-order valence-corrected chi connectivity index (χ1v) is 9.63. The Morgan fingerprint density at radius 2 is 1.69 bits per heavy atom. The van der Waals surface area contributed by atoms with Crippen molar-refractivity contribution in [2.75, 3.05) is 7.11 Å². The number of fused-ring (bicyclic) bond motifs is 1. The molecule has 29 heavy (non-hydrogen) atoms. The van der Waals surface area contributed by atoms with E-state index >= 15 is 0 Å². The van der Waals surface area contributed by atoms with E-state index in [1.54, 1.807) is 13.2 Å². The van der Waals surface area contributed by atoms with E-state index in [-0.39, 0.29) is 0 Å². The molecular formula is C26H22O3. The second kappa shape index (κ2) is 8.19. The molecule has 0 heterocycles. The van der Waals surface area contributed by atoms with Gasteiger partial charge in [0.1, 0.15) is 5.75 Å². The number of ether oxygens (including phenoxy) is 1. The van der Waals surface area contributed by atoms with Gasteiger partial charge in [-0.25, -0.2) is 4.79 Å². The van der Waals surface area contributed by atoms with E-state index in [2.05, 4.69) is 48.5 Å². The number of hydrogen-bond acceptors (Lipinski definition) is 2.